The number of aryl methyl sites for hydroxylation is 1. The molecule has 1 N–H and O–H groups in total. The van der Waals surface area contributed by atoms with E-state index in [1.54, 1.807) is 0 Å². The first kappa shape index (κ1) is 10.5. The van der Waals surface area contributed by atoms with Crippen molar-refractivity contribution < 1.29 is 4.74 Å². The molecule has 0 aromatic heterocycles. The van der Waals surface area contributed by atoms with Crippen LogP contribution in [0.25, 0.3) is 0 Å². The Hall–Kier alpha value is -1.02. The van der Waals surface area contributed by atoms with Crippen LogP contribution in [0.5, 0.6) is 5.75 Å². The van der Waals surface area contributed by atoms with E-state index in [0.29, 0.717) is 6.10 Å². The summed E-state index contributed by atoms with van der Waals surface area (Å²) in [5.74, 6) is 0.977. The Labute approximate surface area is 91.6 Å². The first-order valence-corrected chi connectivity index (χ1v) is 5.53. The highest BCUT2D eigenvalue weighted by molar-refractivity contribution is 5.26. The molecule has 1 aliphatic heterocycles. The summed E-state index contributed by atoms with van der Waals surface area (Å²) in [6.45, 7) is 7.46. The molecule has 0 aliphatic carbocycles. The number of benzene rings is 1. The van der Waals surface area contributed by atoms with E-state index < -0.39 is 0 Å². The molecule has 0 spiro atoms. The minimum Gasteiger partial charge on any atom is -0.489 e. The van der Waals surface area contributed by atoms with Crippen molar-refractivity contribution in [3.8, 4) is 5.75 Å². The molecule has 15 heavy (non-hydrogen) atoms. The lowest BCUT2D eigenvalue weighted by Crippen LogP contribution is -2.31. The van der Waals surface area contributed by atoms with Crippen LogP contribution in [0.4, 0.5) is 0 Å². The van der Waals surface area contributed by atoms with Gasteiger partial charge >= 0.3 is 0 Å². The maximum Gasteiger partial charge on any atom is 0.119 e. The Morgan fingerprint density at radius 3 is 2.47 bits per heavy atom. The minimum absolute atomic E-state index is 0.218. The summed E-state index contributed by atoms with van der Waals surface area (Å²) in [4.78, 5) is 0. The SMILES string of the molecule is Cc1ccc(OC2CNC(C)(C)C2)cc1. The normalized spacial score (nSPS) is 24.1. The Balaban J connectivity index is 1.96. The van der Waals surface area contributed by atoms with Crippen LogP contribution < -0.4 is 10.1 Å². The predicted molar refractivity (Wildman–Crippen MR) is 62.3 cm³/mol. The van der Waals surface area contributed by atoms with Crippen molar-refractivity contribution in [2.45, 2.75) is 38.8 Å². The Morgan fingerprint density at radius 2 is 1.93 bits per heavy atom. The van der Waals surface area contributed by atoms with Gasteiger partial charge in [-0.15, -0.1) is 0 Å². The first-order chi connectivity index (χ1) is 7.05. The zero-order chi connectivity index (χ0) is 10.9. The number of nitrogens with one attached hydrogen (secondary N) is 1. The summed E-state index contributed by atoms with van der Waals surface area (Å²) in [7, 11) is 0. The van der Waals surface area contributed by atoms with Gasteiger partial charge in [0.2, 0.25) is 0 Å². The summed E-state index contributed by atoms with van der Waals surface area (Å²) in [5, 5.41) is 3.45. The topological polar surface area (TPSA) is 21.3 Å². The van der Waals surface area contributed by atoms with Crippen LogP contribution in [0.3, 0.4) is 0 Å². The van der Waals surface area contributed by atoms with E-state index in [1.165, 1.54) is 5.56 Å². The fourth-order valence-electron chi connectivity index (χ4n) is 2.00. The van der Waals surface area contributed by atoms with E-state index >= 15 is 0 Å². The maximum absolute atomic E-state index is 5.90. The number of ether oxygens (including phenoxy) is 1. The Morgan fingerprint density at radius 1 is 1.27 bits per heavy atom. The van der Waals surface area contributed by atoms with Gasteiger partial charge in [-0.1, -0.05) is 17.7 Å². The fraction of sp³-hybridized carbons (Fsp3) is 0.538. The number of hydrogen-bond donors (Lipinski definition) is 1. The van der Waals surface area contributed by atoms with Crippen molar-refractivity contribution in [2.75, 3.05) is 6.54 Å². The van der Waals surface area contributed by atoms with Crippen LogP contribution in [0, 0.1) is 6.92 Å². The molecular weight excluding hydrogens is 186 g/mol. The lowest BCUT2D eigenvalue weighted by Gasteiger charge is -2.17. The average molecular weight is 205 g/mol. The van der Waals surface area contributed by atoms with E-state index in [9.17, 15) is 0 Å². The van der Waals surface area contributed by atoms with Gasteiger partial charge in [0, 0.05) is 18.5 Å². The zero-order valence-corrected chi connectivity index (χ0v) is 9.71. The average Bonchev–Trinajstić information content (AvgIpc) is 2.50. The molecule has 0 radical (unpaired) electrons. The van der Waals surface area contributed by atoms with Crippen LogP contribution in [0.15, 0.2) is 24.3 Å². The molecule has 1 saturated heterocycles. The summed E-state index contributed by atoms with van der Waals surface area (Å²) in [6.07, 6.45) is 1.38. The zero-order valence-electron chi connectivity index (χ0n) is 9.71. The largest absolute Gasteiger partial charge is 0.489 e. The summed E-state index contributed by atoms with van der Waals surface area (Å²) in [6, 6.07) is 8.26. The molecule has 0 bridgehead atoms. The van der Waals surface area contributed by atoms with Gasteiger partial charge in [0.25, 0.3) is 0 Å². The second-order valence-electron chi connectivity index (χ2n) is 5.02. The third kappa shape index (κ3) is 2.72. The lowest BCUT2D eigenvalue weighted by atomic mass is 10.0. The van der Waals surface area contributed by atoms with Gasteiger partial charge < -0.3 is 10.1 Å². The molecule has 2 rings (SSSR count). The molecule has 2 heteroatoms. The van der Waals surface area contributed by atoms with Crippen LogP contribution in [-0.2, 0) is 0 Å². The van der Waals surface area contributed by atoms with E-state index in [2.05, 4.69) is 38.2 Å². The molecule has 82 valence electrons. The van der Waals surface area contributed by atoms with Gasteiger partial charge in [0.05, 0.1) is 0 Å². The van der Waals surface area contributed by atoms with Crippen LogP contribution in [-0.4, -0.2) is 18.2 Å². The molecule has 1 unspecified atom stereocenters. The molecule has 0 saturated carbocycles. The second kappa shape index (κ2) is 3.86. The molecule has 1 fully saturated rings. The van der Waals surface area contributed by atoms with Gasteiger partial charge in [-0.2, -0.15) is 0 Å². The monoisotopic (exact) mass is 205 g/mol. The third-order valence-electron chi connectivity index (χ3n) is 2.87. The second-order valence-corrected chi connectivity index (χ2v) is 5.02. The van der Waals surface area contributed by atoms with E-state index in [1.807, 2.05) is 12.1 Å². The smallest absolute Gasteiger partial charge is 0.119 e. The summed E-state index contributed by atoms with van der Waals surface area (Å²) < 4.78 is 5.90. The highest BCUT2D eigenvalue weighted by Crippen LogP contribution is 2.23. The lowest BCUT2D eigenvalue weighted by molar-refractivity contribution is 0.214. The van der Waals surface area contributed by atoms with Gasteiger partial charge in [-0.3, -0.25) is 0 Å². The van der Waals surface area contributed by atoms with E-state index in [4.69, 9.17) is 4.74 Å². The Bertz CT molecular complexity index is 329. The summed E-state index contributed by atoms with van der Waals surface area (Å²) in [5.41, 5.74) is 1.49. The number of rotatable bonds is 2. The molecule has 1 atom stereocenters. The quantitative estimate of drug-likeness (QED) is 0.801. The van der Waals surface area contributed by atoms with Crippen molar-refractivity contribution in [2.24, 2.45) is 0 Å². The molecule has 1 heterocycles. The van der Waals surface area contributed by atoms with Crippen molar-refractivity contribution in [3.63, 3.8) is 0 Å². The van der Waals surface area contributed by atoms with Crippen molar-refractivity contribution >= 4 is 0 Å². The fourth-order valence-corrected chi connectivity index (χ4v) is 2.00. The van der Waals surface area contributed by atoms with E-state index in [0.717, 1.165) is 18.7 Å². The van der Waals surface area contributed by atoms with E-state index in [-0.39, 0.29) is 5.54 Å². The van der Waals surface area contributed by atoms with Crippen LogP contribution in [0.2, 0.25) is 0 Å². The molecule has 2 nitrogen and oxygen atoms in total. The van der Waals surface area contributed by atoms with Gasteiger partial charge in [0.1, 0.15) is 11.9 Å². The highest BCUT2D eigenvalue weighted by Gasteiger charge is 2.31. The standard InChI is InChI=1S/C13H19NO/c1-10-4-6-11(7-5-10)15-12-8-13(2,3)14-9-12/h4-7,12,14H,8-9H2,1-3H3. The highest BCUT2D eigenvalue weighted by atomic mass is 16.5. The first-order valence-electron chi connectivity index (χ1n) is 5.53. The molecule has 1 aromatic carbocycles. The van der Waals surface area contributed by atoms with Crippen LogP contribution >= 0.6 is 0 Å². The van der Waals surface area contributed by atoms with Gasteiger partial charge in [0.15, 0.2) is 0 Å². The van der Waals surface area contributed by atoms with Crippen molar-refractivity contribution in [1.82, 2.24) is 5.32 Å². The molecule has 0 amide bonds. The van der Waals surface area contributed by atoms with Crippen molar-refractivity contribution in [1.29, 1.82) is 0 Å². The number of hydrogen-bond acceptors (Lipinski definition) is 2. The van der Waals surface area contributed by atoms with Gasteiger partial charge in [-0.05, 0) is 32.9 Å². The maximum atomic E-state index is 5.90. The predicted octanol–water partition coefficient (Wildman–Crippen LogP) is 2.51. The molecule has 1 aliphatic rings. The minimum atomic E-state index is 0.218. The Kier molecular flexibility index (Phi) is 2.70. The molecule has 1 aromatic rings. The summed E-state index contributed by atoms with van der Waals surface area (Å²) >= 11 is 0. The third-order valence-corrected chi connectivity index (χ3v) is 2.87. The molecular formula is C13H19NO. The van der Waals surface area contributed by atoms with Crippen molar-refractivity contribution in [3.05, 3.63) is 29.8 Å². The van der Waals surface area contributed by atoms with Crippen LogP contribution in [0.1, 0.15) is 25.8 Å². The van der Waals surface area contributed by atoms with Gasteiger partial charge in [-0.25, -0.2) is 0 Å².